The SMILES string of the molecule is NCC#Cc1ccc(CSc2ccc(Cl)c(Cl)c2)c(F)c1. The molecule has 0 spiro atoms. The second-order valence-corrected chi connectivity index (χ2v) is 6.04. The third kappa shape index (κ3) is 4.66. The van der Waals surface area contributed by atoms with Crippen molar-refractivity contribution in [1.82, 2.24) is 0 Å². The van der Waals surface area contributed by atoms with Crippen molar-refractivity contribution in [1.29, 1.82) is 0 Å². The molecule has 0 aliphatic carbocycles. The van der Waals surface area contributed by atoms with Gasteiger partial charge >= 0.3 is 0 Å². The largest absolute Gasteiger partial charge is 0.320 e. The molecule has 0 radical (unpaired) electrons. The number of nitrogens with two attached hydrogens (primary N) is 1. The van der Waals surface area contributed by atoms with E-state index in [4.69, 9.17) is 28.9 Å². The van der Waals surface area contributed by atoms with Crippen LogP contribution in [0.25, 0.3) is 0 Å². The molecule has 108 valence electrons. The van der Waals surface area contributed by atoms with Gasteiger partial charge in [-0.05, 0) is 35.9 Å². The zero-order chi connectivity index (χ0) is 15.2. The van der Waals surface area contributed by atoms with E-state index in [-0.39, 0.29) is 12.4 Å². The van der Waals surface area contributed by atoms with Crippen molar-refractivity contribution in [3.8, 4) is 11.8 Å². The second kappa shape index (κ2) is 7.72. The summed E-state index contributed by atoms with van der Waals surface area (Å²) in [6.07, 6.45) is 0. The lowest BCUT2D eigenvalue weighted by Gasteiger charge is -2.05. The highest BCUT2D eigenvalue weighted by Gasteiger charge is 2.05. The summed E-state index contributed by atoms with van der Waals surface area (Å²) < 4.78 is 14.0. The molecule has 0 bridgehead atoms. The Bertz CT molecular complexity index is 707. The molecule has 2 aromatic rings. The van der Waals surface area contributed by atoms with E-state index in [0.29, 0.717) is 26.9 Å². The highest BCUT2D eigenvalue weighted by molar-refractivity contribution is 7.98. The minimum Gasteiger partial charge on any atom is -0.320 e. The van der Waals surface area contributed by atoms with Crippen LogP contribution in [0.2, 0.25) is 10.0 Å². The molecule has 0 atom stereocenters. The van der Waals surface area contributed by atoms with Crippen LogP contribution in [0.15, 0.2) is 41.3 Å². The van der Waals surface area contributed by atoms with Crippen LogP contribution < -0.4 is 5.73 Å². The van der Waals surface area contributed by atoms with Gasteiger partial charge in [0.15, 0.2) is 0 Å². The number of hydrogen-bond donors (Lipinski definition) is 1. The molecule has 0 aliphatic heterocycles. The molecule has 0 heterocycles. The molecule has 0 saturated carbocycles. The molecule has 1 nitrogen and oxygen atoms in total. The average molecular weight is 340 g/mol. The van der Waals surface area contributed by atoms with Crippen LogP contribution in [-0.4, -0.2) is 6.54 Å². The average Bonchev–Trinajstić information content (AvgIpc) is 2.47. The summed E-state index contributed by atoms with van der Waals surface area (Å²) in [4.78, 5) is 0.941. The molecule has 0 unspecified atom stereocenters. The molecule has 0 aliphatic rings. The molecule has 0 amide bonds. The van der Waals surface area contributed by atoms with Crippen molar-refractivity contribution < 1.29 is 4.39 Å². The molecule has 2 rings (SSSR count). The number of thioether (sulfide) groups is 1. The van der Waals surface area contributed by atoms with E-state index >= 15 is 0 Å². The van der Waals surface area contributed by atoms with E-state index in [1.54, 1.807) is 24.3 Å². The quantitative estimate of drug-likeness (QED) is 0.645. The lowest BCUT2D eigenvalue weighted by atomic mass is 10.1. The first-order chi connectivity index (χ1) is 10.1. The van der Waals surface area contributed by atoms with Crippen molar-refractivity contribution >= 4 is 35.0 Å². The summed E-state index contributed by atoms with van der Waals surface area (Å²) in [6.45, 7) is 0.260. The lowest BCUT2D eigenvalue weighted by molar-refractivity contribution is 0.617. The fourth-order valence-corrected chi connectivity index (χ4v) is 2.91. The van der Waals surface area contributed by atoms with Gasteiger partial charge in [0.05, 0.1) is 16.6 Å². The summed E-state index contributed by atoms with van der Waals surface area (Å²) in [6, 6.07) is 10.3. The fraction of sp³-hybridized carbons (Fsp3) is 0.125. The predicted molar refractivity (Wildman–Crippen MR) is 88.4 cm³/mol. The Kier molecular flexibility index (Phi) is 5.96. The lowest BCUT2D eigenvalue weighted by Crippen LogP contribution is -1.93. The molecular formula is C16H12Cl2FNS. The maximum Gasteiger partial charge on any atom is 0.128 e. The third-order valence-electron chi connectivity index (χ3n) is 2.67. The predicted octanol–water partition coefficient (Wildman–Crippen LogP) is 4.74. The van der Waals surface area contributed by atoms with Crippen LogP contribution in [0.4, 0.5) is 4.39 Å². The van der Waals surface area contributed by atoms with Gasteiger partial charge in [0, 0.05) is 16.2 Å². The van der Waals surface area contributed by atoms with Crippen molar-refractivity contribution in [3.63, 3.8) is 0 Å². The molecular weight excluding hydrogens is 328 g/mol. The van der Waals surface area contributed by atoms with Crippen LogP contribution in [0.5, 0.6) is 0 Å². The van der Waals surface area contributed by atoms with Crippen LogP contribution in [0, 0.1) is 17.7 Å². The Labute approximate surface area is 137 Å². The minimum atomic E-state index is -0.272. The highest BCUT2D eigenvalue weighted by Crippen LogP contribution is 2.30. The van der Waals surface area contributed by atoms with Gasteiger partial charge in [-0.1, -0.05) is 41.1 Å². The first kappa shape index (κ1) is 16.2. The second-order valence-electron chi connectivity index (χ2n) is 4.18. The van der Waals surface area contributed by atoms with Gasteiger partial charge in [0.25, 0.3) is 0 Å². The number of benzene rings is 2. The number of halogens is 3. The Morgan fingerprint density at radius 3 is 2.57 bits per heavy atom. The van der Waals surface area contributed by atoms with Gasteiger partial charge in [-0.25, -0.2) is 4.39 Å². The summed E-state index contributed by atoms with van der Waals surface area (Å²) in [5, 5.41) is 1.00. The van der Waals surface area contributed by atoms with Gasteiger partial charge in [-0.3, -0.25) is 0 Å². The van der Waals surface area contributed by atoms with Crippen molar-refractivity contribution in [2.75, 3.05) is 6.54 Å². The van der Waals surface area contributed by atoms with E-state index in [0.717, 1.165) is 4.90 Å². The molecule has 0 fully saturated rings. The molecule has 2 N–H and O–H groups in total. The van der Waals surface area contributed by atoms with E-state index in [1.807, 2.05) is 6.07 Å². The zero-order valence-electron chi connectivity index (χ0n) is 11.0. The highest BCUT2D eigenvalue weighted by atomic mass is 35.5. The zero-order valence-corrected chi connectivity index (χ0v) is 13.3. The Balaban J connectivity index is 2.07. The fourth-order valence-electron chi connectivity index (χ4n) is 1.62. The van der Waals surface area contributed by atoms with Crippen molar-refractivity contribution in [3.05, 3.63) is 63.4 Å². The maximum atomic E-state index is 14.0. The van der Waals surface area contributed by atoms with Crippen molar-refractivity contribution in [2.24, 2.45) is 5.73 Å². The normalized spacial score (nSPS) is 10.1. The third-order valence-corrected chi connectivity index (χ3v) is 4.45. The van der Waals surface area contributed by atoms with Gasteiger partial charge in [0.1, 0.15) is 5.82 Å². The first-order valence-corrected chi connectivity index (χ1v) is 7.89. The van der Waals surface area contributed by atoms with Crippen LogP contribution >= 0.6 is 35.0 Å². The van der Waals surface area contributed by atoms with E-state index in [1.165, 1.54) is 17.8 Å². The van der Waals surface area contributed by atoms with Gasteiger partial charge < -0.3 is 5.73 Å². The van der Waals surface area contributed by atoms with Gasteiger partial charge in [0.2, 0.25) is 0 Å². The van der Waals surface area contributed by atoms with Gasteiger partial charge in [-0.2, -0.15) is 0 Å². The topological polar surface area (TPSA) is 26.0 Å². The summed E-state index contributed by atoms with van der Waals surface area (Å²) in [5.41, 5.74) is 6.53. The summed E-state index contributed by atoms with van der Waals surface area (Å²) in [5.74, 6) is 5.74. The van der Waals surface area contributed by atoms with E-state index < -0.39 is 0 Å². The number of rotatable bonds is 3. The number of hydrogen-bond acceptors (Lipinski definition) is 2. The minimum absolute atomic E-state index is 0.260. The monoisotopic (exact) mass is 339 g/mol. The Morgan fingerprint density at radius 1 is 1.10 bits per heavy atom. The first-order valence-electron chi connectivity index (χ1n) is 6.15. The van der Waals surface area contributed by atoms with Gasteiger partial charge in [-0.15, -0.1) is 11.8 Å². The van der Waals surface area contributed by atoms with Crippen LogP contribution in [-0.2, 0) is 5.75 Å². The van der Waals surface area contributed by atoms with Crippen molar-refractivity contribution in [2.45, 2.75) is 10.6 Å². The molecule has 5 heteroatoms. The molecule has 0 saturated heterocycles. The Hall–Kier alpha value is -1.18. The molecule has 2 aromatic carbocycles. The maximum absolute atomic E-state index is 14.0. The summed E-state index contributed by atoms with van der Waals surface area (Å²) >= 11 is 13.3. The smallest absolute Gasteiger partial charge is 0.128 e. The Morgan fingerprint density at radius 2 is 1.90 bits per heavy atom. The van der Waals surface area contributed by atoms with E-state index in [2.05, 4.69) is 11.8 Å². The molecule has 21 heavy (non-hydrogen) atoms. The van der Waals surface area contributed by atoms with Crippen LogP contribution in [0.3, 0.4) is 0 Å². The standard InChI is InChI=1S/C16H12Cl2FNS/c17-14-6-5-13(9-15(14)18)21-10-12-4-3-11(2-1-7-20)8-16(12)19/h3-6,8-9H,7,10,20H2. The van der Waals surface area contributed by atoms with Crippen LogP contribution in [0.1, 0.15) is 11.1 Å². The molecule has 0 aromatic heterocycles. The summed E-state index contributed by atoms with van der Waals surface area (Å²) in [7, 11) is 0. The van der Waals surface area contributed by atoms with E-state index in [9.17, 15) is 4.39 Å².